The summed E-state index contributed by atoms with van der Waals surface area (Å²) in [5, 5.41) is 0. The summed E-state index contributed by atoms with van der Waals surface area (Å²) in [5.74, 6) is 0. The third-order valence-corrected chi connectivity index (χ3v) is 6.26. The fourth-order valence-electron chi connectivity index (χ4n) is 4.64. The summed E-state index contributed by atoms with van der Waals surface area (Å²) in [6.45, 7) is 19.2. The van der Waals surface area contributed by atoms with E-state index in [2.05, 4.69) is 101 Å². The van der Waals surface area contributed by atoms with Crippen molar-refractivity contribution in [3.05, 3.63) is 125 Å². The van der Waals surface area contributed by atoms with Crippen molar-refractivity contribution < 1.29 is 0 Å². The van der Waals surface area contributed by atoms with Crippen LogP contribution >= 0.6 is 0 Å². The first kappa shape index (κ1) is 19.6. The molecule has 0 saturated carbocycles. The van der Waals surface area contributed by atoms with Crippen LogP contribution in [0.5, 0.6) is 0 Å². The Morgan fingerprint density at radius 1 is 0.625 bits per heavy atom. The highest BCUT2D eigenvalue weighted by molar-refractivity contribution is 5.86. The maximum absolute atomic E-state index is 7.33. The van der Waals surface area contributed by atoms with Gasteiger partial charge in [0.15, 0.2) is 11.4 Å². The van der Waals surface area contributed by atoms with E-state index in [4.69, 9.17) is 13.1 Å². The molecule has 32 heavy (non-hydrogen) atoms. The Morgan fingerprint density at radius 2 is 1.12 bits per heavy atom. The van der Waals surface area contributed by atoms with Gasteiger partial charge in [-0.1, -0.05) is 80.6 Å². The van der Waals surface area contributed by atoms with Crippen LogP contribution in [0.25, 0.3) is 20.8 Å². The average Bonchev–Trinajstić information content (AvgIpc) is 2.84. The molecule has 0 unspecified atom stereocenters. The van der Waals surface area contributed by atoms with E-state index in [1.54, 1.807) is 6.07 Å². The molecule has 0 N–H and O–H groups in total. The van der Waals surface area contributed by atoms with Crippen molar-refractivity contribution in [2.75, 3.05) is 4.90 Å². The maximum atomic E-state index is 7.33. The molecule has 5 rings (SSSR count). The summed E-state index contributed by atoms with van der Waals surface area (Å²) in [4.78, 5) is 9.36. The first-order valence-electron chi connectivity index (χ1n) is 10.5. The van der Waals surface area contributed by atoms with Crippen LogP contribution in [0.1, 0.15) is 25.0 Å². The highest BCUT2D eigenvalue weighted by atomic mass is 15.2. The monoisotopic (exact) mass is 411 g/mol. The van der Waals surface area contributed by atoms with E-state index in [1.807, 2.05) is 12.1 Å². The second-order valence-electron chi connectivity index (χ2n) is 8.50. The first-order valence-corrected chi connectivity index (χ1v) is 10.5. The molecule has 0 saturated heterocycles. The number of anilines is 3. The summed E-state index contributed by atoms with van der Waals surface area (Å²) in [7, 11) is 0. The molecule has 0 atom stereocenters. The van der Waals surface area contributed by atoms with Crippen LogP contribution in [0.2, 0.25) is 0 Å². The molecular formula is C29H21N3. The van der Waals surface area contributed by atoms with E-state index < -0.39 is 0 Å². The van der Waals surface area contributed by atoms with Gasteiger partial charge in [0.2, 0.25) is 0 Å². The molecule has 4 aromatic carbocycles. The SMILES string of the molecule is [C-]#[N+]c1cc([N+]#[C-])cc(-c2ccc(N3c4ccccc4C(C)(C)c4ccccc43)cc2)c1. The summed E-state index contributed by atoms with van der Waals surface area (Å²) in [6, 6.07) is 30.9. The van der Waals surface area contributed by atoms with Crippen molar-refractivity contribution >= 4 is 28.4 Å². The van der Waals surface area contributed by atoms with E-state index in [0.29, 0.717) is 11.4 Å². The highest BCUT2D eigenvalue weighted by Crippen LogP contribution is 2.51. The lowest BCUT2D eigenvalue weighted by molar-refractivity contribution is 0.632. The molecule has 0 fully saturated rings. The van der Waals surface area contributed by atoms with Gasteiger partial charge < -0.3 is 4.90 Å². The molecule has 4 aromatic rings. The van der Waals surface area contributed by atoms with Gasteiger partial charge in [-0.05, 0) is 46.5 Å². The predicted molar refractivity (Wildman–Crippen MR) is 131 cm³/mol. The molecule has 0 aromatic heterocycles. The van der Waals surface area contributed by atoms with Crippen LogP contribution in [0, 0.1) is 13.1 Å². The van der Waals surface area contributed by atoms with Gasteiger partial charge in [0.05, 0.1) is 24.5 Å². The third kappa shape index (κ3) is 3.04. The molecule has 0 aliphatic carbocycles. The van der Waals surface area contributed by atoms with E-state index in [1.165, 1.54) is 22.5 Å². The minimum atomic E-state index is -0.0833. The molecule has 3 nitrogen and oxygen atoms in total. The van der Waals surface area contributed by atoms with Gasteiger partial charge in [-0.15, -0.1) is 0 Å². The normalized spacial score (nSPS) is 13.4. The standard InChI is InChI=1S/C29H21N3/c1-29(2)25-9-5-7-11-27(25)32(28-12-8-6-10-26(28)29)24-15-13-20(14-16-24)21-17-22(30-3)19-23(18-21)31-4/h5-19H,1-2H3. The topological polar surface area (TPSA) is 12.0 Å². The Labute approximate surface area is 188 Å². The van der Waals surface area contributed by atoms with Crippen molar-refractivity contribution in [2.24, 2.45) is 0 Å². The second-order valence-corrected chi connectivity index (χ2v) is 8.50. The van der Waals surface area contributed by atoms with Crippen LogP contribution in [-0.2, 0) is 5.41 Å². The molecule has 0 spiro atoms. The van der Waals surface area contributed by atoms with E-state index in [0.717, 1.165) is 16.8 Å². The van der Waals surface area contributed by atoms with Crippen molar-refractivity contribution in [3.63, 3.8) is 0 Å². The molecule has 1 aliphatic rings. The zero-order chi connectivity index (χ0) is 22.3. The average molecular weight is 412 g/mol. The lowest BCUT2D eigenvalue weighted by Crippen LogP contribution is -2.30. The van der Waals surface area contributed by atoms with Gasteiger partial charge >= 0.3 is 0 Å². The van der Waals surface area contributed by atoms with Crippen molar-refractivity contribution in [3.8, 4) is 11.1 Å². The third-order valence-electron chi connectivity index (χ3n) is 6.26. The molecule has 1 aliphatic heterocycles. The summed E-state index contributed by atoms with van der Waals surface area (Å²) < 4.78 is 0. The Kier molecular flexibility index (Phi) is 4.54. The summed E-state index contributed by atoms with van der Waals surface area (Å²) in [5.41, 5.74) is 8.82. The molecule has 0 bridgehead atoms. The quantitative estimate of drug-likeness (QED) is 0.301. The van der Waals surface area contributed by atoms with Gasteiger partial charge in [-0.3, -0.25) is 0 Å². The van der Waals surface area contributed by atoms with Crippen LogP contribution in [0.15, 0.2) is 91.0 Å². The number of hydrogen-bond donors (Lipinski definition) is 0. The molecular weight excluding hydrogens is 390 g/mol. The van der Waals surface area contributed by atoms with Crippen molar-refractivity contribution in [2.45, 2.75) is 19.3 Å². The Morgan fingerprint density at radius 3 is 1.62 bits per heavy atom. The minimum absolute atomic E-state index is 0.0833. The van der Waals surface area contributed by atoms with Gasteiger partial charge in [0.1, 0.15) is 0 Å². The number of nitrogens with zero attached hydrogens (tertiary/aromatic N) is 3. The Bertz CT molecular complexity index is 1330. The fraction of sp³-hybridized carbons (Fsp3) is 0.103. The zero-order valence-electron chi connectivity index (χ0n) is 18.0. The fourth-order valence-corrected chi connectivity index (χ4v) is 4.64. The molecule has 152 valence electrons. The molecule has 0 amide bonds. The number of fused-ring (bicyclic) bond motifs is 2. The Hall–Kier alpha value is -4.34. The highest BCUT2D eigenvalue weighted by Gasteiger charge is 2.36. The smallest absolute Gasteiger partial charge is 0.177 e. The van der Waals surface area contributed by atoms with Crippen LogP contribution in [0.4, 0.5) is 28.4 Å². The number of rotatable bonds is 2. The summed E-state index contributed by atoms with van der Waals surface area (Å²) >= 11 is 0. The van der Waals surface area contributed by atoms with E-state index >= 15 is 0 Å². The number of para-hydroxylation sites is 2. The number of benzene rings is 4. The summed E-state index contributed by atoms with van der Waals surface area (Å²) in [6.07, 6.45) is 0. The molecule has 1 heterocycles. The van der Waals surface area contributed by atoms with Gasteiger partial charge in [0, 0.05) is 11.1 Å². The first-order chi connectivity index (χ1) is 15.5. The van der Waals surface area contributed by atoms with Crippen molar-refractivity contribution in [1.82, 2.24) is 0 Å². The van der Waals surface area contributed by atoms with Crippen LogP contribution in [-0.4, -0.2) is 0 Å². The van der Waals surface area contributed by atoms with Gasteiger partial charge in [-0.2, -0.15) is 0 Å². The lowest BCUT2D eigenvalue weighted by Gasteiger charge is -2.42. The predicted octanol–water partition coefficient (Wildman–Crippen LogP) is 8.56. The van der Waals surface area contributed by atoms with Crippen LogP contribution in [0.3, 0.4) is 0 Å². The lowest BCUT2D eigenvalue weighted by atomic mass is 9.73. The zero-order valence-corrected chi connectivity index (χ0v) is 18.0. The van der Waals surface area contributed by atoms with Gasteiger partial charge in [0.25, 0.3) is 0 Å². The Balaban J connectivity index is 1.63. The van der Waals surface area contributed by atoms with Crippen molar-refractivity contribution in [1.29, 1.82) is 0 Å². The second kappa shape index (κ2) is 7.41. The van der Waals surface area contributed by atoms with Crippen LogP contribution < -0.4 is 4.90 Å². The molecule has 3 heteroatoms. The van der Waals surface area contributed by atoms with Gasteiger partial charge in [-0.25, -0.2) is 9.69 Å². The molecule has 0 radical (unpaired) electrons. The number of hydrogen-bond acceptors (Lipinski definition) is 1. The minimum Gasteiger partial charge on any atom is -0.310 e. The maximum Gasteiger partial charge on any atom is 0.177 e. The largest absolute Gasteiger partial charge is 0.310 e. The van der Waals surface area contributed by atoms with E-state index in [9.17, 15) is 0 Å². The van der Waals surface area contributed by atoms with E-state index in [-0.39, 0.29) is 5.41 Å².